The zero-order chi connectivity index (χ0) is 22.6. The number of nitrogens with one attached hydrogen (secondary N) is 1. The molecule has 0 heterocycles. The molecule has 0 aliphatic rings. The summed E-state index contributed by atoms with van der Waals surface area (Å²) in [4.78, 5) is 27.7. The molecular formula is C24H30Cl2N2O2S. The van der Waals surface area contributed by atoms with Gasteiger partial charge < -0.3 is 10.2 Å². The van der Waals surface area contributed by atoms with Crippen molar-refractivity contribution in [2.45, 2.75) is 51.4 Å². The van der Waals surface area contributed by atoms with Gasteiger partial charge in [-0.25, -0.2) is 0 Å². The van der Waals surface area contributed by atoms with Crippen LogP contribution in [-0.2, 0) is 21.9 Å². The highest BCUT2D eigenvalue weighted by Gasteiger charge is 2.28. The van der Waals surface area contributed by atoms with E-state index in [0.29, 0.717) is 35.3 Å². The molecule has 0 bridgehead atoms. The van der Waals surface area contributed by atoms with Gasteiger partial charge in [-0.3, -0.25) is 9.59 Å². The van der Waals surface area contributed by atoms with E-state index in [2.05, 4.69) is 12.2 Å². The minimum absolute atomic E-state index is 0.0792. The summed E-state index contributed by atoms with van der Waals surface area (Å²) in [5, 5.41) is 4.24. The second-order valence-corrected chi connectivity index (χ2v) is 9.13. The van der Waals surface area contributed by atoms with Crippen molar-refractivity contribution in [1.29, 1.82) is 0 Å². The molecule has 168 valence electrons. The third-order valence-electron chi connectivity index (χ3n) is 4.90. The Morgan fingerprint density at radius 1 is 1.10 bits per heavy atom. The highest BCUT2D eigenvalue weighted by atomic mass is 35.5. The molecule has 2 aromatic carbocycles. The number of thioether (sulfide) groups is 1. The summed E-state index contributed by atoms with van der Waals surface area (Å²) in [6, 6.07) is 14.5. The zero-order valence-corrected chi connectivity index (χ0v) is 20.4. The topological polar surface area (TPSA) is 49.4 Å². The lowest BCUT2D eigenvalue weighted by atomic mass is 10.1. The molecule has 0 aliphatic heterocycles. The summed E-state index contributed by atoms with van der Waals surface area (Å²) in [5.74, 6) is 0.752. The number of unbranched alkanes of at least 4 members (excludes halogenated alkanes) is 1. The lowest BCUT2D eigenvalue weighted by Gasteiger charge is -2.31. The van der Waals surface area contributed by atoms with Gasteiger partial charge in [0.05, 0.1) is 5.75 Å². The number of hydrogen-bond acceptors (Lipinski definition) is 3. The van der Waals surface area contributed by atoms with Crippen LogP contribution in [0.4, 0.5) is 0 Å². The summed E-state index contributed by atoms with van der Waals surface area (Å²) in [6.07, 6.45) is 2.45. The summed E-state index contributed by atoms with van der Waals surface area (Å²) in [5.41, 5.74) is 1.89. The summed E-state index contributed by atoms with van der Waals surface area (Å²) in [6.45, 7) is 4.92. The first-order chi connectivity index (χ1) is 15.0. The van der Waals surface area contributed by atoms with E-state index >= 15 is 0 Å². The van der Waals surface area contributed by atoms with Crippen molar-refractivity contribution in [2.24, 2.45) is 0 Å². The van der Waals surface area contributed by atoms with Gasteiger partial charge in [-0.15, -0.1) is 11.8 Å². The molecule has 1 N–H and O–H groups in total. The van der Waals surface area contributed by atoms with Gasteiger partial charge in [0.1, 0.15) is 6.04 Å². The standard InChI is InChI=1S/C24H30Cl2N2O2S/c1-3-5-13-27-24(30)22(4-2)28(15-19-10-6-7-12-21(19)26)23(29)17-31-16-18-9-8-11-20(25)14-18/h6-12,14,22H,3-5,13,15-17H2,1-2H3,(H,27,30)/t22-/m0/s1. The van der Waals surface area contributed by atoms with Crippen LogP contribution in [0.15, 0.2) is 48.5 Å². The first kappa shape index (κ1) is 25.6. The van der Waals surface area contributed by atoms with E-state index in [1.165, 1.54) is 11.8 Å². The van der Waals surface area contributed by atoms with Gasteiger partial charge in [-0.2, -0.15) is 0 Å². The van der Waals surface area contributed by atoms with Crippen LogP contribution in [0.5, 0.6) is 0 Å². The highest BCUT2D eigenvalue weighted by molar-refractivity contribution is 7.99. The molecule has 1 atom stereocenters. The molecule has 4 nitrogen and oxygen atoms in total. The summed E-state index contributed by atoms with van der Waals surface area (Å²) < 4.78 is 0. The predicted octanol–water partition coefficient (Wildman–Crippen LogP) is 5.95. The monoisotopic (exact) mass is 480 g/mol. The molecule has 0 aliphatic carbocycles. The van der Waals surface area contributed by atoms with Gasteiger partial charge in [0.2, 0.25) is 11.8 Å². The number of hydrogen-bond donors (Lipinski definition) is 1. The minimum atomic E-state index is -0.535. The average Bonchev–Trinajstić information content (AvgIpc) is 2.75. The molecule has 2 amide bonds. The molecule has 0 spiro atoms. The predicted molar refractivity (Wildman–Crippen MR) is 132 cm³/mol. The van der Waals surface area contributed by atoms with Gasteiger partial charge >= 0.3 is 0 Å². The average molecular weight is 481 g/mol. The van der Waals surface area contributed by atoms with Crippen molar-refractivity contribution in [3.63, 3.8) is 0 Å². The maximum atomic E-state index is 13.2. The van der Waals surface area contributed by atoms with E-state index in [0.717, 1.165) is 24.0 Å². The van der Waals surface area contributed by atoms with Crippen molar-refractivity contribution in [1.82, 2.24) is 10.2 Å². The summed E-state index contributed by atoms with van der Waals surface area (Å²) in [7, 11) is 0. The Hall–Kier alpha value is -1.69. The van der Waals surface area contributed by atoms with E-state index < -0.39 is 6.04 Å². The second kappa shape index (κ2) is 13.7. The molecule has 31 heavy (non-hydrogen) atoms. The number of amides is 2. The van der Waals surface area contributed by atoms with Gasteiger partial charge in [-0.05, 0) is 42.2 Å². The van der Waals surface area contributed by atoms with E-state index in [4.69, 9.17) is 23.2 Å². The van der Waals surface area contributed by atoms with Crippen molar-refractivity contribution in [3.8, 4) is 0 Å². The molecule has 0 unspecified atom stereocenters. The third kappa shape index (κ3) is 8.40. The lowest BCUT2D eigenvalue weighted by molar-refractivity contribution is -0.139. The van der Waals surface area contributed by atoms with E-state index in [9.17, 15) is 9.59 Å². The van der Waals surface area contributed by atoms with Crippen LogP contribution in [0.2, 0.25) is 10.0 Å². The van der Waals surface area contributed by atoms with Crippen LogP contribution < -0.4 is 5.32 Å². The van der Waals surface area contributed by atoms with Crippen LogP contribution in [-0.4, -0.2) is 35.1 Å². The Kier molecular flexibility index (Phi) is 11.3. The van der Waals surface area contributed by atoms with E-state index in [-0.39, 0.29) is 17.6 Å². The lowest BCUT2D eigenvalue weighted by Crippen LogP contribution is -2.49. The molecule has 0 fully saturated rings. The Morgan fingerprint density at radius 2 is 1.87 bits per heavy atom. The minimum Gasteiger partial charge on any atom is -0.354 e. The quantitative estimate of drug-likeness (QED) is 0.381. The third-order valence-corrected chi connectivity index (χ3v) is 6.49. The molecule has 2 aromatic rings. The number of carbonyl (C=O) groups excluding carboxylic acids is 2. The fourth-order valence-corrected chi connectivity index (χ4v) is 4.47. The van der Waals surface area contributed by atoms with Crippen molar-refractivity contribution in [3.05, 3.63) is 69.7 Å². The van der Waals surface area contributed by atoms with Gasteiger partial charge in [0.25, 0.3) is 0 Å². The van der Waals surface area contributed by atoms with Crippen molar-refractivity contribution >= 4 is 46.8 Å². The Balaban J connectivity index is 2.11. The second-order valence-electron chi connectivity index (χ2n) is 7.30. The molecule has 0 saturated carbocycles. The first-order valence-electron chi connectivity index (χ1n) is 10.6. The number of halogens is 2. The first-order valence-corrected chi connectivity index (χ1v) is 12.5. The number of rotatable bonds is 12. The molecular weight excluding hydrogens is 451 g/mol. The van der Waals surface area contributed by atoms with E-state index in [1.54, 1.807) is 11.0 Å². The maximum absolute atomic E-state index is 13.2. The van der Waals surface area contributed by atoms with Crippen LogP contribution in [0, 0.1) is 0 Å². The Morgan fingerprint density at radius 3 is 2.55 bits per heavy atom. The fraction of sp³-hybridized carbons (Fsp3) is 0.417. The number of nitrogens with zero attached hydrogens (tertiary/aromatic N) is 1. The van der Waals surface area contributed by atoms with Gasteiger partial charge in [0.15, 0.2) is 0 Å². The van der Waals surface area contributed by atoms with Gasteiger partial charge in [0, 0.05) is 28.9 Å². The maximum Gasteiger partial charge on any atom is 0.242 e. The normalized spacial score (nSPS) is 11.7. The van der Waals surface area contributed by atoms with Crippen LogP contribution in [0.1, 0.15) is 44.2 Å². The molecule has 2 rings (SSSR count). The molecule has 0 radical (unpaired) electrons. The summed E-state index contributed by atoms with van der Waals surface area (Å²) >= 11 is 13.9. The van der Waals surface area contributed by atoms with Crippen molar-refractivity contribution in [2.75, 3.05) is 12.3 Å². The van der Waals surface area contributed by atoms with E-state index in [1.807, 2.05) is 49.4 Å². The van der Waals surface area contributed by atoms with Crippen LogP contribution in [0.3, 0.4) is 0 Å². The zero-order valence-electron chi connectivity index (χ0n) is 18.1. The molecule has 0 aromatic heterocycles. The van der Waals surface area contributed by atoms with Crippen molar-refractivity contribution < 1.29 is 9.59 Å². The number of carbonyl (C=O) groups is 2. The Bertz CT molecular complexity index is 863. The fourth-order valence-electron chi connectivity index (χ4n) is 3.20. The highest BCUT2D eigenvalue weighted by Crippen LogP contribution is 2.22. The van der Waals surface area contributed by atoms with Crippen LogP contribution in [0.25, 0.3) is 0 Å². The van der Waals surface area contributed by atoms with Gasteiger partial charge in [-0.1, -0.05) is 73.8 Å². The Labute approximate surface area is 199 Å². The smallest absolute Gasteiger partial charge is 0.242 e. The largest absolute Gasteiger partial charge is 0.354 e. The molecule has 7 heteroatoms. The SMILES string of the molecule is CCCCNC(=O)[C@H](CC)N(Cc1ccccc1Cl)C(=O)CSCc1cccc(Cl)c1. The molecule has 0 saturated heterocycles. The number of benzene rings is 2. The van der Waals surface area contributed by atoms with Crippen LogP contribution >= 0.6 is 35.0 Å².